The predicted molar refractivity (Wildman–Crippen MR) is 112 cm³/mol. The molecule has 1 atom stereocenters. The normalized spacial score (nSPS) is 15.1. The zero-order valence-corrected chi connectivity index (χ0v) is 17.5. The number of aromatic nitrogens is 4. The predicted octanol–water partition coefficient (Wildman–Crippen LogP) is 3.05. The van der Waals surface area contributed by atoms with Gasteiger partial charge in [-0.2, -0.15) is 4.68 Å². The average molecular weight is 440 g/mol. The zero-order valence-electron chi connectivity index (χ0n) is 16.7. The average Bonchev–Trinajstić information content (AvgIpc) is 3.26. The van der Waals surface area contributed by atoms with Crippen LogP contribution in [-0.2, 0) is 9.53 Å². The maximum Gasteiger partial charge on any atom is 0.355 e. The minimum atomic E-state index is -0.840. The number of anilines is 1. The lowest BCUT2D eigenvalue weighted by atomic mass is 9.89. The first kappa shape index (κ1) is 20.5. The van der Waals surface area contributed by atoms with Crippen LogP contribution in [0.5, 0.6) is 5.75 Å². The highest BCUT2D eigenvalue weighted by Gasteiger charge is 2.39. The monoisotopic (exact) mass is 439 g/mol. The summed E-state index contributed by atoms with van der Waals surface area (Å²) in [6.45, 7) is 2.38. The minimum absolute atomic E-state index is 0.0476. The van der Waals surface area contributed by atoms with Crippen molar-refractivity contribution in [3.05, 3.63) is 76.0 Å². The first-order chi connectivity index (χ1) is 15.0. The number of tetrazole rings is 1. The van der Waals surface area contributed by atoms with Gasteiger partial charge in [-0.05, 0) is 47.7 Å². The summed E-state index contributed by atoms with van der Waals surface area (Å²) < 4.78 is 11.8. The standard InChI is InChI=1S/C21H18ClN5O4/c1-3-31-13-10-8-12(9-11-13)19(28)16-17(20(29)30-2)23-21-24-25-26-27(21)18(16)14-6-4-5-7-15(14)22/h4-11,18H,3H2,1-2H3,(H,23,24,26). The lowest BCUT2D eigenvalue weighted by Crippen LogP contribution is -2.33. The summed E-state index contributed by atoms with van der Waals surface area (Å²) in [6.07, 6.45) is 0. The number of fused-ring (bicyclic) bond motifs is 1. The molecular weight excluding hydrogens is 422 g/mol. The molecule has 0 bridgehead atoms. The van der Waals surface area contributed by atoms with Gasteiger partial charge < -0.3 is 14.8 Å². The number of carbonyl (C=O) groups excluding carboxylic acids is 2. The molecule has 2 heterocycles. The van der Waals surface area contributed by atoms with Crippen molar-refractivity contribution >= 4 is 29.3 Å². The van der Waals surface area contributed by atoms with E-state index in [2.05, 4.69) is 20.8 Å². The second-order valence-corrected chi connectivity index (χ2v) is 6.97. The number of benzene rings is 2. The lowest BCUT2D eigenvalue weighted by Gasteiger charge is -2.28. The Morgan fingerprint density at radius 1 is 1.16 bits per heavy atom. The van der Waals surface area contributed by atoms with Crippen LogP contribution in [-0.4, -0.2) is 45.7 Å². The molecule has 31 heavy (non-hydrogen) atoms. The van der Waals surface area contributed by atoms with Crippen LogP contribution in [0.1, 0.15) is 28.9 Å². The lowest BCUT2D eigenvalue weighted by molar-refractivity contribution is -0.136. The molecule has 1 aliphatic rings. The molecule has 1 aromatic heterocycles. The first-order valence-corrected chi connectivity index (χ1v) is 9.82. The number of carbonyl (C=O) groups is 2. The largest absolute Gasteiger partial charge is 0.494 e. The molecule has 1 unspecified atom stereocenters. The fourth-order valence-corrected chi connectivity index (χ4v) is 3.64. The van der Waals surface area contributed by atoms with E-state index in [9.17, 15) is 9.59 Å². The molecule has 2 aromatic carbocycles. The molecule has 158 valence electrons. The summed E-state index contributed by atoms with van der Waals surface area (Å²) in [4.78, 5) is 26.3. The van der Waals surface area contributed by atoms with Gasteiger partial charge in [0.25, 0.3) is 0 Å². The molecular formula is C21H18ClN5O4. The van der Waals surface area contributed by atoms with Crippen LogP contribution >= 0.6 is 11.6 Å². The molecule has 10 heteroatoms. The van der Waals surface area contributed by atoms with E-state index in [1.165, 1.54) is 11.8 Å². The Hall–Kier alpha value is -3.72. The van der Waals surface area contributed by atoms with Gasteiger partial charge in [-0.3, -0.25) is 4.79 Å². The van der Waals surface area contributed by atoms with Crippen LogP contribution < -0.4 is 10.1 Å². The molecule has 0 saturated heterocycles. The van der Waals surface area contributed by atoms with Crippen molar-refractivity contribution in [2.45, 2.75) is 13.0 Å². The molecule has 1 N–H and O–H groups in total. The molecule has 0 fully saturated rings. The molecule has 3 aromatic rings. The number of esters is 1. The third kappa shape index (κ3) is 3.75. The number of ether oxygens (including phenoxy) is 2. The van der Waals surface area contributed by atoms with Crippen LogP contribution in [0.3, 0.4) is 0 Å². The van der Waals surface area contributed by atoms with Crippen LogP contribution in [0, 0.1) is 0 Å². The highest BCUT2D eigenvalue weighted by atomic mass is 35.5. The Kier molecular flexibility index (Phi) is 5.68. The summed E-state index contributed by atoms with van der Waals surface area (Å²) in [6, 6.07) is 12.8. The van der Waals surface area contributed by atoms with Crippen molar-refractivity contribution in [1.82, 2.24) is 20.2 Å². The number of nitrogens with one attached hydrogen (secondary N) is 1. The summed E-state index contributed by atoms with van der Waals surface area (Å²) in [5.41, 5.74) is 0.989. The topological polar surface area (TPSA) is 108 Å². The van der Waals surface area contributed by atoms with Crippen molar-refractivity contribution in [2.24, 2.45) is 0 Å². The molecule has 0 saturated carbocycles. The van der Waals surface area contributed by atoms with Crippen LogP contribution in [0.2, 0.25) is 5.02 Å². The second kappa shape index (κ2) is 8.57. The fraction of sp³-hybridized carbons (Fsp3) is 0.190. The highest BCUT2D eigenvalue weighted by Crippen LogP contribution is 2.39. The molecule has 0 aliphatic carbocycles. The van der Waals surface area contributed by atoms with Crippen molar-refractivity contribution in [3.8, 4) is 5.75 Å². The first-order valence-electron chi connectivity index (χ1n) is 9.44. The van der Waals surface area contributed by atoms with Crippen molar-refractivity contribution in [1.29, 1.82) is 0 Å². The molecule has 0 spiro atoms. The summed E-state index contributed by atoms with van der Waals surface area (Å²) in [5, 5.41) is 14.8. The third-order valence-electron chi connectivity index (χ3n) is 4.78. The van der Waals surface area contributed by atoms with Gasteiger partial charge in [0, 0.05) is 16.1 Å². The van der Waals surface area contributed by atoms with Gasteiger partial charge in [-0.1, -0.05) is 34.9 Å². The highest BCUT2D eigenvalue weighted by molar-refractivity contribution is 6.31. The van der Waals surface area contributed by atoms with E-state index >= 15 is 0 Å². The maximum absolute atomic E-state index is 13.7. The Morgan fingerprint density at radius 2 is 1.90 bits per heavy atom. The summed E-state index contributed by atoms with van der Waals surface area (Å²) in [7, 11) is 1.23. The molecule has 0 radical (unpaired) electrons. The SMILES string of the molecule is CCOc1ccc(C(=O)C2=C(C(=O)OC)Nc3nnnn3C2c2ccccc2Cl)cc1. The Morgan fingerprint density at radius 3 is 2.58 bits per heavy atom. The van der Waals surface area contributed by atoms with Gasteiger partial charge in [0.05, 0.1) is 19.3 Å². The van der Waals surface area contributed by atoms with Gasteiger partial charge in [0.15, 0.2) is 5.78 Å². The number of halogens is 1. The number of ketones is 1. The Bertz CT molecular complexity index is 1170. The van der Waals surface area contributed by atoms with Crippen LogP contribution in [0.15, 0.2) is 59.8 Å². The van der Waals surface area contributed by atoms with E-state index in [-0.39, 0.29) is 17.2 Å². The number of Topliss-reactive ketones (excluding diaryl/α,β-unsaturated/α-hetero) is 1. The number of nitrogens with zero attached hydrogens (tertiary/aromatic N) is 4. The van der Waals surface area contributed by atoms with Crippen LogP contribution in [0.25, 0.3) is 0 Å². The van der Waals surface area contributed by atoms with Gasteiger partial charge in [0.1, 0.15) is 17.5 Å². The van der Waals surface area contributed by atoms with E-state index in [0.29, 0.717) is 28.5 Å². The van der Waals surface area contributed by atoms with E-state index in [4.69, 9.17) is 21.1 Å². The maximum atomic E-state index is 13.7. The van der Waals surface area contributed by atoms with E-state index in [0.717, 1.165) is 0 Å². The smallest absolute Gasteiger partial charge is 0.355 e. The summed E-state index contributed by atoms with van der Waals surface area (Å²) >= 11 is 6.45. The number of rotatable bonds is 6. The summed E-state index contributed by atoms with van der Waals surface area (Å²) in [5.74, 6) is -0.301. The van der Waals surface area contributed by atoms with Gasteiger partial charge in [-0.25, -0.2) is 4.79 Å². The van der Waals surface area contributed by atoms with E-state index in [1.807, 2.05) is 6.92 Å². The van der Waals surface area contributed by atoms with E-state index in [1.54, 1.807) is 48.5 Å². The van der Waals surface area contributed by atoms with Gasteiger partial charge in [-0.15, -0.1) is 0 Å². The van der Waals surface area contributed by atoms with Crippen molar-refractivity contribution in [2.75, 3.05) is 19.0 Å². The third-order valence-corrected chi connectivity index (χ3v) is 5.12. The fourth-order valence-electron chi connectivity index (χ4n) is 3.40. The minimum Gasteiger partial charge on any atom is -0.494 e. The van der Waals surface area contributed by atoms with E-state index < -0.39 is 17.8 Å². The number of allylic oxidation sites excluding steroid dienone is 1. The number of hydrogen-bond donors (Lipinski definition) is 1. The zero-order chi connectivity index (χ0) is 22.0. The Balaban J connectivity index is 1.90. The number of methoxy groups -OCH3 is 1. The molecule has 0 amide bonds. The molecule has 9 nitrogen and oxygen atoms in total. The quantitative estimate of drug-likeness (QED) is 0.461. The van der Waals surface area contributed by atoms with Gasteiger partial charge >= 0.3 is 5.97 Å². The second-order valence-electron chi connectivity index (χ2n) is 6.56. The van der Waals surface area contributed by atoms with Crippen molar-refractivity contribution < 1.29 is 19.1 Å². The van der Waals surface area contributed by atoms with Crippen LogP contribution in [0.4, 0.5) is 5.95 Å². The van der Waals surface area contributed by atoms with Crippen molar-refractivity contribution in [3.63, 3.8) is 0 Å². The Labute approximate surface area is 182 Å². The number of hydrogen-bond acceptors (Lipinski definition) is 8. The molecule has 1 aliphatic heterocycles. The molecule has 4 rings (SSSR count). The van der Waals surface area contributed by atoms with Gasteiger partial charge in [0.2, 0.25) is 5.95 Å².